The maximum absolute atomic E-state index is 13.1. The van der Waals surface area contributed by atoms with Crippen LogP contribution in [0.3, 0.4) is 0 Å². The van der Waals surface area contributed by atoms with E-state index in [-0.39, 0.29) is 5.82 Å². The summed E-state index contributed by atoms with van der Waals surface area (Å²) >= 11 is 0. The molecular weight excluding hydrogens is 279 g/mol. The number of rotatable bonds is 5. The van der Waals surface area contributed by atoms with E-state index in [9.17, 15) is 4.39 Å². The van der Waals surface area contributed by atoms with E-state index in [1.807, 2.05) is 6.20 Å². The highest BCUT2D eigenvalue weighted by Crippen LogP contribution is 2.39. The van der Waals surface area contributed by atoms with E-state index < -0.39 is 0 Å². The molecular formula is C17H21FN4. The molecule has 0 saturated heterocycles. The highest BCUT2D eigenvalue weighted by atomic mass is 19.1. The van der Waals surface area contributed by atoms with Crippen molar-refractivity contribution < 1.29 is 4.39 Å². The van der Waals surface area contributed by atoms with Gasteiger partial charge in [0.25, 0.3) is 0 Å². The van der Waals surface area contributed by atoms with Crippen molar-refractivity contribution in [1.82, 2.24) is 9.97 Å². The Balaban J connectivity index is 1.84. The van der Waals surface area contributed by atoms with Crippen LogP contribution in [0.4, 0.5) is 21.7 Å². The lowest BCUT2D eigenvalue weighted by Gasteiger charge is -2.19. The second kappa shape index (κ2) is 6.30. The maximum Gasteiger partial charge on any atom is 0.223 e. The number of nitrogens with one attached hydrogen (secondary N) is 1. The first-order valence-electron chi connectivity index (χ1n) is 7.83. The van der Waals surface area contributed by atoms with Crippen LogP contribution in [0, 0.1) is 5.82 Å². The molecule has 116 valence electrons. The summed E-state index contributed by atoms with van der Waals surface area (Å²) in [6.07, 6.45) is 4.12. The molecule has 1 N–H and O–H groups in total. The molecule has 0 radical (unpaired) electrons. The van der Waals surface area contributed by atoms with Crippen LogP contribution < -0.4 is 10.2 Å². The second-order valence-electron chi connectivity index (χ2n) is 5.73. The number of halogens is 1. The first kappa shape index (κ1) is 14.8. The van der Waals surface area contributed by atoms with Crippen LogP contribution in [0.5, 0.6) is 0 Å². The van der Waals surface area contributed by atoms with E-state index in [2.05, 4.69) is 34.0 Å². The molecule has 0 fully saturated rings. The van der Waals surface area contributed by atoms with Gasteiger partial charge in [-0.15, -0.1) is 0 Å². The zero-order valence-electron chi connectivity index (χ0n) is 13.0. The van der Waals surface area contributed by atoms with Crippen molar-refractivity contribution in [3.05, 3.63) is 42.0 Å². The van der Waals surface area contributed by atoms with E-state index in [0.29, 0.717) is 11.9 Å². The molecule has 0 aliphatic carbocycles. The first-order chi connectivity index (χ1) is 10.7. The van der Waals surface area contributed by atoms with Crippen molar-refractivity contribution in [3.63, 3.8) is 0 Å². The number of unbranched alkanes of at least 4 members (excludes halogenated alkanes) is 1. The number of hydrogen-bond acceptors (Lipinski definition) is 4. The third kappa shape index (κ3) is 2.89. The molecule has 22 heavy (non-hydrogen) atoms. The predicted octanol–water partition coefficient (Wildman–Crippen LogP) is 4.08. The smallest absolute Gasteiger partial charge is 0.223 e. The Kier molecular flexibility index (Phi) is 4.22. The summed E-state index contributed by atoms with van der Waals surface area (Å²) in [7, 11) is 0. The van der Waals surface area contributed by atoms with Crippen molar-refractivity contribution >= 4 is 17.3 Å². The lowest BCUT2D eigenvalue weighted by Crippen LogP contribution is -2.14. The van der Waals surface area contributed by atoms with Crippen molar-refractivity contribution in [2.75, 3.05) is 23.3 Å². The van der Waals surface area contributed by atoms with Gasteiger partial charge in [0.2, 0.25) is 5.95 Å². The van der Waals surface area contributed by atoms with E-state index in [1.165, 1.54) is 12.1 Å². The van der Waals surface area contributed by atoms with E-state index in [0.717, 1.165) is 43.0 Å². The largest absolute Gasteiger partial charge is 0.354 e. The summed E-state index contributed by atoms with van der Waals surface area (Å²) < 4.78 is 13.1. The van der Waals surface area contributed by atoms with Gasteiger partial charge in [0, 0.05) is 24.7 Å². The molecule has 2 aromatic rings. The number of nitrogens with zero attached hydrogens (tertiary/aromatic N) is 3. The Hall–Kier alpha value is -2.17. The third-order valence-corrected chi connectivity index (χ3v) is 3.96. The monoisotopic (exact) mass is 300 g/mol. The highest BCUT2D eigenvalue weighted by Gasteiger charge is 2.28. The molecule has 4 nitrogen and oxygen atoms in total. The predicted molar refractivity (Wildman–Crippen MR) is 87.3 cm³/mol. The Labute approximate surface area is 130 Å². The summed E-state index contributed by atoms with van der Waals surface area (Å²) in [5.74, 6) is 0.803. The molecule has 1 aromatic heterocycles. The van der Waals surface area contributed by atoms with Crippen LogP contribution in [0.2, 0.25) is 0 Å². The fourth-order valence-electron chi connectivity index (χ4n) is 2.75. The average molecular weight is 300 g/mol. The quantitative estimate of drug-likeness (QED) is 0.845. The van der Waals surface area contributed by atoms with E-state index in [4.69, 9.17) is 0 Å². The van der Waals surface area contributed by atoms with Gasteiger partial charge in [-0.1, -0.05) is 20.3 Å². The number of aromatic nitrogens is 2. The molecule has 0 amide bonds. The number of hydrogen-bond donors (Lipinski definition) is 1. The van der Waals surface area contributed by atoms with Gasteiger partial charge < -0.3 is 10.2 Å². The molecule has 0 saturated carbocycles. The van der Waals surface area contributed by atoms with Gasteiger partial charge in [-0.3, -0.25) is 0 Å². The molecule has 3 rings (SSSR count). The van der Waals surface area contributed by atoms with Crippen LogP contribution in [0.25, 0.3) is 0 Å². The lowest BCUT2D eigenvalue weighted by molar-refractivity contribution is 0.627. The molecule has 1 atom stereocenters. The summed E-state index contributed by atoms with van der Waals surface area (Å²) in [5.41, 5.74) is 3.04. The summed E-state index contributed by atoms with van der Waals surface area (Å²) in [6, 6.07) is 6.56. The second-order valence-corrected chi connectivity index (χ2v) is 5.73. The third-order valence-electron chi connectivity index (χ3n) is 3.96. The van der Waals surface area contributed by atoms with Crippen molar-refractivity contribution in [2.45, 2.75) is 32.6 Å². The fourth-order valence-corrected chi connectivity index (χ4v) is 2.75. The van der Waals surface area contributed by atoms with Gasteiger partial charge in [-0.25, -0.2) is 14.4 Å². The maximum atomic E-state index is 13.1. The Bertz CT molecular complexity index is 642. The van der Waals surface area contributed by atoms with Crippen molar-refractivity contribution in [3.8, 4) is 0 Å². The zero-order valence-corrected chi connectivity index (χ0v) is 13.0. The van der Waals surface area contributed by atoms with Crippen molar-refractivity contribution in [1.29, 1.82) is 0 Å². The Morgan fingerprint density at radius 3 is 2.82 bits per heavy atom. The molecule has 0 spiro atoms. The lowest BCUT2D eigenvalue weighted by atomic mass is 10.1. The van der Waals surface area contributed by atoms with Gasteiger partial charge in [0.1, 0.15) is 5.82 Å². The van der Waals surface area contributed by atoms with Gasteiger partial charge in [0.15, 0.2) is 0 Å². The Morgan fingerprint density at radius 2 is 2.09 bits per heavy atom. The van der Waals surface area contributed by atoms with Crippen LogP contribution in [0.1, 0.15) is 38.3 Å². The van der Waals surface area contributed by atoms with Crippen LogP contribution in [-0.2, 0) is 0 Å². The van der Waals surface area contributed by atoms with Crippen molar-refractivity contribution in [2.24, 2.45) is 0 Å². The molecule has 1 aliphatic rings. The fraction of sp³-hybridized carbons (Fsp3) is 0.412. The van der Waals surface area contributed by atoms with Gasteiger partial charge >= 0.3 is 0 Å². The minimum absolute atomic E-state index is 0.219. The number of benzene rings is 1. The van der Waals surface area contributed by atoms with E-state index in [1.54, 1.807) is 12.1 Å². The topological polar surface area (TPSA) is 41.1 Å². The zero-order chi connectivity index (χ0) is 15.5. The minimum Gasteiger partial charge on any atom is -0.354 e. The summed E-state index contributed by atoms with van der Waals surface area (Å²) in [4.78, 5) is 11.2. The first-order valence-corrected chi connectivity index (χ1v) is 7.83. The average Bonchev–Trinajstić information content (AvgIpc) is 2.85. The number of anilines is 3. The standard InChI is InChI=1S/C17H21FN4/c1-3-4-9-19-17-20-10-15-16(21-17)12(2)11-22(15)14-7-5-13(18)6-8-14/h5-8,10,12H,3-4,9,11H2,1-2H3,(H,19,20,21)/t12-/m1/s1. The molecule has 0 unspecified atom stereocenters. The molecule has 2 heterocycles. The van der Waals surface area contributed by atoms with Gasteiger partial charge in [0.05, 0.1) is 17.6 Å². The normalized spacial score (nSPS) is 16.7. The van der Waals surface area contributed by atoms with Crippen LogP contribution in [-0.4, -0.2) is 23.1 Å². The van der Waals surface area contributed by atoms with Gasteiger partial charge in [-0.05, 0) is 30.7 Å². The molecule has 0 bridgehead atoms. The minimum atomic E-state index is -0.219. The molecule has 1 aromatic carbocycles. The molecule has 1 aliphatic heterocycles. The van der Waals surface area contributed by atoms with Gasteiger partial charge in [-0.2, -0.15) is 0 Å². The van der Waals surface area contributed by atoms with E-state index >= 15 is 0 Å². The number of fused-ring (bicyclic) bond motifs is 1. The summed E-state index contributed by atoms with van der Waals surface area (Å²) in [5, 5.41) is 3.27. The summed E-state index contributed by atoms with van der Waals surface area (Å²) in [6.45, 7) is 6.05. The molecule has 5 heteroatoms. The SMILES string of the molecule is CCCCNc1ncc2c(n1)[C@H](C)CN2c1ccc(F)cc1. The Morgan fingerprint density at radius 1 is 1.32 bits per heavy atom. The van der Waals surface area contributed by atoms with Crippen LogP contribution in [0.15, 0.2) is 30.5 Å². The van der Waals surface area contributed by atoms with Crippen LogP contribution >= 0.6 is 0 Å². The highest BCUT2D eigenvalue weighted by molar-refractivity contribution is 5.69.